The highest BCUT2D eigenvalue weighted by molar-refractivity contribution is 7.17. The molecule has 164 valence electrons. The second kappa shape index (κ2) is 9.22. The number of hydrogen-bond donors (Lipinski definition) is 3. The average molecular weight is 441 g/mol. The van der Waals surface area contributed by atoms with E-state index < -0.39 is 17.8 Å². The van der Waals surface area contributed by atoms with Crippen molar-refractivity contribution in [3.63, 3.8) is 0 Å². The van der Waals surface area contributed by atoms with Gasteiger partial charge in [0.25, 0.3) is 5.91 Å². The Morgan fingerprint density at radius 1 is 0.968 bits per heavy atom. The molecule has 1 aromatic carbocycles. The molecule has 2 unspecified atom stereocenters. The molecule has 1 saturated carbocycles. The van der Waals surface area contributed by atoms with Crippen LogP contribution in [0.2, 0.25) is 0 Å². The van der Waals surface area contributed by atoms with Crippen LogP contribution in [0, 0.1) is 18.8 Å². The number of amides is 2. The van der Waals surface area contributed by atoms with Crippen molar-refractivity contribution < 1.29 is 19.5 Å². The highest BCUT2D eigenvalue weighted by atomic mass is 32.1. The fraction of sp³-hybridized carbons (Fsp3) is 0.458. The van der Waals surface area contributed by atoms with E-state index in [9.17, 15) is 19.5 Å². The molecule has 31 heavy (non-hydrogen) atoms. The Kier molecular flexibility index (Phi) is 6.41. The number of carboxylic acids is 1. The van der Waals surface area contributed by atoms with Gasteiger partial charge in [0, 0.05) is 10.6 Å². The maximum absolute atomic E-state index is 13.3. The van der Waals surface area contributed by atoms with Crippen molar-refractivity contribution in [2.45, 2.75) is 58.3 Å². The van der Waals surface area contributed by atoms with E-state index in [1.54, 1.807) is 0 Å². The number of fused-ring (bicyclic) bond motifs is 1. The third kappa shape index (κ3) is 4.51. The summed E-state index contributed by atoms with van der Waals surface area (Å²) in [7, 11) is 0. The molecule has 2 amide bonds. The molecule has 3 N–H and O–H groups in total. The Hall–Kier alpha value is -2.67. The summed E-state index contributed by atoms with van der Waals surface area (Å²) < 4.78 is 0. The third-order valence-electron chi connectivity index (χ3n) is 6.45. The fourth-order valence-corrected chi connectivity index (χ4v) is 6.03. The van der Waals surface area contributed by atoms with Crippen LogP contribution in [0.4, 0.5) is 10.7 Å². The molecule has 2 aliphatic carbocycles. The molecule has 7 heteroatoms. The third-order valence-corrected chi connectivity index (χ3v) is 7.66. The van der Waals surface area contributed by atoms with E-state index in [1.165, 1.54) is 11.3 Å². The van der Waals surface area contributed by atoms with Gasteiger partial charge in [-0.3, -0.25) is 14.4 Å². The minimum atomic E-state index is -0.914. The molecule has 6 nitrogen and oxygen atoms in total. The van der Waals surface area contributed by atoms with Gasteiger partial charge in [-0.25, -0.2) is 0 Å². The second-order valence-corrected chi connectivity index (χ2v) is 9.61. The van der Waals surface area contributed by atoms with Crippen molar-refractivity contribution in [1.82, 2.24) is 0 Å². The van der Waals surface area contributed by atoms with Crippen LogP contribution < -0.4 is 10.6 Å². The monoisotopic (exact) mass is 440 g/mol. The van der Waals surface area contributed by atoms with Crippen LogP contribution in [-0.4, -0.2) is 22.9 Å². The molecule has 2 aliphatic rings. The normalized spacial score (nSPS) is 20.5. The minimum Gasteiger partial charge on any atom is -0.481 e. The van der Waals surface area contributed by atoms with E-state index >= 15 is 0 Å². The number of hydrogen-bond acceptors (Lipinski definition) is 4. The van der Waals surface area contributed by atoms with Crippen molar-refractivity contribution in [1.29, 1.82) is 0 Å². The Bertz CT molecular complexity index is 1010. The average Bonchev–Trinajstić information content (AvgIpc) is 3.13. The number of thiophene rings is 1. The molecule has 4 rings (SSSR count). The number of nitrogens with one attached hydrogen (secondary N) is 2. The topological polar surface area (TPSA) is 95.5 Å². The molecule has 1 heterocycles. The van der Waals surface area contributed by atoms with Gasteiger partial charge in [0.05, 0.1) is 17.4 Å². The summed E-state index contributed by atoms with van der Waals surface area (Å²) in [5.41, 5.74) is 3.28. The van der Waals surface area contributed by atoms with Crippen LogP contribution in [0.15, 0.2) is 24.3 Å². The molecule has 1 aromatic heterocycles. The first-order valence-electron chi connectivity index (χ1n) is 11.0. The van der Waals surface area contributed by atoms with Gasteiger partial charge in [0.2, 0.25) is 5.91 Å². The molecule has 0 bridgehead atoms. The smallest absolute Gasteiger partial charge is 0.307 e. The summed E-state index contributed by atoms with van der Waals surface area (Å²) in [5.74, 6) is -2.63. The van der Waals surface area contributed by atoms with E-state index in [2.05, 4.69) is 10.6 Å². The fourth-order valence-electron chi connectivity index (χ4n) is 4.74. The predicted octanol–water partition coefficient (Wildman–Crippen LogP) is 5.02. The van der Waals surface area contributed by atoms with Crippen molar-refractivity contribution in [3.05, 3.63) is 45.8 Å². The predicted molar refractivity (Wildman–Crippen MR) is 122 cm³/mol. The highest BCUT2D eigenvalue weighted by Gasteiger charge is 2.37. The van der Waals surface area contributed by atoms with Gasteiger partial charge in [-0.2, -0.15) is 0 Å². The summed E-state index contributed by atoms with van der Waals surface area (Å²) in [5, 5.41) is 16.1. The minimum absolute atomic E-state index is 0.220. The summed E-state index contributed by atoms with van der Waals surface area (Å²) >= 11 is 1.47. The number of aryl methyl sites for hydroxylation is 2. The lowest BCUT2D eigenvalue weighted by atomic mass is 9.78. The van der Waals surface area contributed by atoms with E-state index in [0.29, 0.717) is 23.4 Å². The van der Waals surface area contributed by atoms with E-state index in [1.807, 2.05) is 31.2 Å². The van der Waals surface area contributed by atoms with Crippen molar-refractivity contribution in [3.8, 4) is 0 Å². The van der Waals surface area contributed by atoms with Crippen molar-refractivity contribution >= 4 is 39.8 Å². The summed E-state index contributed by atoms with van der Waals surface area (Å²) in [6.45, 7) is 1.94. The maximum Gasteiger partial charge on any atom is 0.307 e. The maximum atomic E-state index is 13.3. The molecule has 1 fully saturated rings. The van der Waals surface area contributed by atoms with Crippen LogP contribution >= 0.6 is 11.3 Å². The van der Waals surface area contributed by atoms with Crippen LogP contribution in [0.5, 0.6) is 0 Å². The zero-order valence-corrected chi connectivity index (χ0v) is 18.5. The molecular formula is C24H28N2O4S. The van der Waals surface area contributed by atoms with Gasteiger partial charge in [-0.1, -0.05) is 31.0 Å². The number of anilines is 2. The molecular weight excluding hydrogens is 412 g/mol. The van der Waals surface area contributed by atoms with Crippen LogP contribution in [0.1, 0.15) is 64.9 Å². The second-order valence-electron chi connectivity index (χ2n) is 8.51. The lowest BCUT2D eigenvalue weighted by Gasteiger charge is -2.27. The zero-order chi connectivity index (χ0) is 22.0. The lowest BCUT2D eigenvalue weighted by Crippen LogP contribution is -2.36. The van der Waals surface area contributed by atoms with Gasteiger partial charge in [0.15, 0.2) is 0 Å². The zero-order valence-electron chi connectivity index (χ0n) is 17.7. The summed E-state index contributed by atoms with van der Waals surface area (Å²) in [4.78, 5) is 39.2. The van der Waals surface area contributed by atoms with Gasteiger partial charge in [-0.05, 0) is 62.6 Å². The quantitative estimate of drug-likeness (QED) is 0.608. The number of carbonyl (C=O) groups is 3. The van der Waals surface area contributed by atoms with Crippen molar-refractivity contribution in [2.75, 3.05) is 10.6 Å². The Morgan fingerprint density at radius 2 is 1.68 bits per heavy atom. The standard InChI is InChI=1S/C24H28N2O4S/c1-14-8-2-6-12-18(14)25-22(28)20-17-11-5-7-13-19(17)31-23(20)26-21(27)15-9-3-4-10-16(15)24(29)30/h2,6,8,12,15-16H,3-5,7,9-11,13H2,1H3,(H,25,28)(H,26,27)(H,29,30). The van der Waals surface area contributed by atoms with E-state index in [0.717, 1.165) is 60.2 Å². The molecule has 2 atom stereocenters. The number of carboxylic acid groups (broad SMARTS) is 1. The number of rotatable bonds is 5. The highest BCUT2D eigenvalue weighted by Crippen LogP contribution is 2.40. The SMILES string of the molecule is Cc1ccccc1NC(=O)c1c(NC(=O)C2CCCCC2C(=O)O)sc2c1CCCC2. The Morgan fingerprint density at radius 3 is 2.42 bits per heavy atom. The molecule has 0 saturated heterocycles. The first kappa shape index (κ1) is 21.6. The van der Waals surface area contributed by atoms with Crippen LogP contribution in [0.3, 0.4) is 0 Å². The molecule has 0 radical (unpaired) electrons. The molecule has 2 aromatic rings. The van der Waals surface area contributed by atoms with Crippen molar-refractivity contribution in [2.24, 2.45) is 11.8 Å². The number of para-hydroxylation sites is 1. The first-order chi connectivity index (χ1) is 15.0. The molecule has 0 aliphatic heterocycles. The van der Waals surface area contributed by atoms with E-state index in [-0.39, 0.29) is 11.8 Å². The summed E-state index contributed by atoms with van der Waals surface area (Å²) in [6, 6.07) is 7.61. The number of aliphatic carboxylic acids is 1. The van der Waals surface area contributed by atoms with E-state index in [4.69, 9.17) is 0 Å². The lowest BCUT2D eigenvalue weighted by molar-refractivity contribution is -0.147. The first-order valence-corrected chi connectivity index (χ1v) is 11.8. The Balaban J connectivity index is 1.62. The van der Waals surface area contributed by atoms with Crippen LogP contribution in [0.25, 0.3) is 0 Å². The Labute approximate surface area is 186 Å². The van der Waals surface area contributed by atoms with Gasteiger partial charge < -0.3 is 15.7 Å². The largest absolute Gasteiger partial charge is 0.481 e. The molecule has 0 spiro atoms. The van der Waals surface area contributed by atoms with Crippen LogP contribution in [-0.2, 0) is 22.4 Å². The van der Waals surface area contributed by atoms with Gasteiger partial charge in [0.1, 0.15) is 5.00 Å². The summed E-state index contributed by atoms with van der Waals surface area (Å²) in [6.07, 6.45) is 6.59. The number of benzene rings is 1. The number of carbonyl (C=O) groups excluding carboxylic acids is 2. The van der Waals surface area contributed by atoms with Gasteiger partial charge >= 0.3 is 5.97 Å². The van der Waals surface area contributed by atoms with Gasteiger partial charge in [-0.15, -0.1) is 11.3 Å².